The Hall–Kier alpha value is -1.04. The van der Waals surface area contributed by atoms with Crippen molar-refractivity contribution in [3.63, 3.8) is 0 Å². The monoisotopic (exact) mass is 242 g/mol. The maximum absolute atomic E-state index is 2.44. The Balaban J connectivity index is 2.19. The van der Waals surface area contributed by atoms with Gasteiger partial charge in [-0.25, -0.2) is 0 Å². The molecule has 1 aliphatic carbocycles. The first-order chi connectivity index (χ1) is 8.28. The van der Waals surface area contributed by atoms with Crippen molar-refractivity contribution in [1.29, 1.82) is 0 Å². The molecule has 0 fully saturated rings. The quantitative estimate of drug-likeness (QED) is 0.603. The van der Waals surface area contributed by atoms with Gasteiger partial charge in [0.1, 0.15) is 0 Å². The zero-order chi connectivity index (χ0) is 13.4. The normalized spacial score (nSPS) is 19.5. The van der Waals surface area contributed by atoms with Crippen LogP contribution in [-0.2, 0) is 5.41 Å². The van der Waals surface area contributed by atoms with Gasteiger partial charge in [0.05, 0.1) is 0 Å². The zero-order valence-electron chi connectivity index (χ0n) is 12.5. The molecule has 18 heavy (non-hydrogen) atoms. The Morgan fingerprint density at radius 2 is 1.61 bits per heavy atom. The fourth-order valence-electron chi connectivity index (χ4n) is 2.52. The molecule has 0 nitrogen and oxygen atoms in total. The number of benzene rings is 1. The summed E-state index contributed by atoms with van der Waals surface area (Å²) in [7, 11) is 0. The summed E-state index contributed by atoms with van der Waals surface area (Å²) in [6.07, 6.45) is 6.18. The third-order valence-corrected chi connectivity index (χ3v) is 4.09. The van der Waals surface area contributed by atoms with Crippen LogP contribution in [-0.4, -0.2) is 0 Å². The van der Waals surface area contributed by atoms with E-state index in [1.165, 1.54) is 36.0 Å². The highest BCUT2D eigenvalue weighted by Crippen LogP contribution is 2.38. The van der Waals surface area contributed by atoms with Gasteiger partial charge in [-0.3, -0.25) is 0 Å². The van der Waals surface area contributed by atoms with E-state index in [0.29, 0.717) is 5.41 Å². The van der Waals surface area contributed by atoms with Crippen molar-refractivity contribution >= 4 is 5.57 Å². The highest BCUT2D eigenvalue weighted by atomic mass is 14.3. The van der Waals surface area contributed by atoms with Gasteiger partial charge in [0, 0.05) is 0 Å². The number of hydrogen-bond donors (Lipinski definition) is 0. The molecule has 0 saturated carbocycles. The molecule has 0 unspecified atom stereocenters. The van der Waals surface area contributed by atoms with Gasteiger partial charge in [-0.2, -0.15) is 0 Å². The molecule has 0 atom stereocenters. The maximum Gasteiger partial charge on any atom is -0.0132 e. The molecule has 0 bridgehead atoms. The van der Waals surface area contributed by atoms with Crippen molar-refractivity contribution in [2.24, 2.45) is 5.41 Å². The van der Waals surface area contributed by atoms with Crippen molar-refractivity contribution in [3.8, 4) is 0 Å². The molecule has 0 spiro atoms. The first-order valence-electron chi connectivity index (χ1n) is 7.08. The minimum atomic E-state index is 0.251. The lowest BCUT2D eigenvalue weighted by Gasteiger charge is -2.29. The van der Waals surface area contributed by atoms with E-state index < -0.39 is 0 Å². The fraction of sp³-hybridized carbons (Fsp3) is 0.556. The third kappa shape index (κ3) is 3.04. The lowest BCUT2D eigenvalue weighted by molar-refractivity contribution is 0.335. The van der Waals surface area contributed by atoms with Gasteiger partial charge in [0.25, 0.3) is 0 Å². The Bertz CT molecular complexity index is 438. The van der Waals surface area contributed by atoms with E-state index >= 15 is 0 Å². The van der Waals surface area contributed by atoms with Gasteiger partial charge >= 0.3 is 0 Å². The Morgan fingerprint density at radius 1 is 1.00 bits per heavy atom. The van der Waals surface area contributed by atoms with Crippen LogP contribution in [0.2, 0.25) is 0 Å². The summed E-state index contributed by atoms with van der Waals surface area (Å²) in [5, 5.41) is 0. The Kier molecular flexibility index (Phi) is 3.40. The van der Waals surface area contributed by atoms with E-state index in [9.17, 15) is 0 Å². The van der Waals surface area contributed by atoms with Gasteiger partial charge in [-0.15, -0.1) is 0 Å². The highest BCUT2D eigenvalue weighted by Gasteiger charge is 2.22. The smallest absolute Gasteiger partial charge is 0.0132 e. The lowest BCUT2D eigenvalue weighted by atomic mass is 9.77. The van der Waals surface area contributed by atoms with Crippen molar-refractivity contribution in [3.05, 3.63) is 41.5 Å². The molecule has 1 aromatic carbocycles. The van der Waals surface area contributed by atoms with E-state index in [1.54, 1.807) is 0 Å². The standard InChI is InChI=1S/C18H26/c1-17(2,3)16-8-6-14(7-9-16)15-10-12-18(4,5)13-11-15/h6-10H,11-13H2,1-5H3. The molecule has 0 N–H and O–H groups in total. The van der Waals surface area contributed by atoms with Gasteiger partial charge in [-0.1, -0.05) is 65.0 Å². The predicted octanol–water partition coefficient (Wildman–Crippen LogP) is 5.58. The molecule has 0 amide bonds. The van der Waals surface area contributed by atoms with Crippen LogP contribution in [0.4, 0.5) is 0 Å². The Labute approximate surface area is 112 Å². The maximum atomic E-state index is 2.44. The van der Waals surface area contributed by atoms with Crippen molar-refractivity contribution in [2.45, 2.75) is 59.3 Å². The van der Waals surface area contributed by atoms with Crippen LogP contribution < -0.4 is 0 Å². The second kappa shape index (κ2) is 4.57. The summed E-state index contributed by atoms with van der Waals surface area (Å²) in [5.41, 5.74) is 5.12. The van der Waals surface area contributed by atoms with Gasteiger partial charge < -0.3 is 0 Å². The molecule has 0 aromatic heterocycles. The summed E-state index contributed by atoms with van der Waals surface area (Å²) in [6, 6.07) is 9.17. The van der Waals surface area contributed by atoms with Crippen LogP contribution in [0.25, 0.3) is 5.57 Å². The molecule has 0 aliphatic heterocycles. The van der Waals surface area contributed by atoms with Crippen molar-refractivity contribution in [1.82, 2.24) is 0 Å². The zero-order valence-corrected chi connectivity index (χ0v) is 12.5. The van der Waals surface area contributed by atoms with Gasteiger partial charge in [0.2, 0.25) is 0 Å². The van der Waals surface area contributed by atoms with E-state index in [1.807, 2.05) is 0 Å². The molecular weight excluding hydrogens is 216 g/mol. The second-order valence-electron chi connectivity index (χ2n) is 7.43. The first-order valence-corrected chi connectivity index (χ1v) is 7.08. The second-order valence-corrected chi connectivity index (χ2v) is 7.43. The molecular formula is C18H26. The van der Waals surface area contributed by atoms with Gasteiger partial charge in [-0.05, 0) is 46.8 Å². The fourth-order valence-corrected chi connectivity index (χ4v) is 2.52. The van der Waals surface area contributed by atoms with Crippen LogP contribution in [0.5, 0.6) is 0 Å². The van der Waals surface area contributed by atoms with E-state index in [2.05, 4.69) is 65.0 Å². The minimum Gasteiger partial charge on any atom is -0.0802 e. The van der Waals surface area contributed by atoms with Crippen LogP contribution >= 0.6 is 0 Å². The summed E-state index contributed by atoms with van der Waals surface area (Å²) in [4.78, 5) is 0. The SMILES string of the molecule is CC1(C)CC=C(c2ccc(C(C)(C)C)cc2)CC1. The van der Waals surface area contributed by atoms with Crippen LogP contribution in [0.3, 0.4) is 0 Å². The van der Waals surface area contributed by atoms with Gasteiger partial charge in [0.15, 0.2) is 0 Å². The Morgan fingerprint density at radius 3 is 2.06 bits per heavy atom. The average molecular weight is 242 g/mol. The molecule has 0 radical (unpaired) electrons. The lowest BCUT2D eigenvalue weighted by Crippen LogP contribution is -2.14. The summed E-state index contributed by atoms with van der Waals surface area (Å²) in [5.74, 6) is 0. The summed E-state index contributed by atoms with van der Waals surface area (Å²) >= 11 is 0. The van der Waals surface area contributed by atoms with Crippen molar-refractivity contribution < 1.29 is 0 Å². The highest BCUT2D eigenvalue weighted by molar-refractivity contribution is 5.66. The minimum absolute atomic E-state index is 0.251. The van der Waals surface area contributed by atoms with Crippen LogP contribution in [0.1, 0.15) is 65.0 Å². The van der Waals surface area contributed by atoms with Crippen molar-refractivity contribution in [2.75, 3.05) is 0 Å². The molecule has 98 valence electrons. The molecule has 0 heterocycles. The topological polar surface area (TPSA) is 0 Å². The summed E-state index contributed by atoms with van der Waals surface area (Å²) < 4.78 is 0. The average Bonchev–Trinajstić information content (AvgIpc) is 2.28. The van der Waals surface area contributed by atoms with Crippen LogP contribution in [0, 0.1) is 5.41 Å². The van der Waals surface area contributed by atoms with E-state index in [4.69, 9.17) is 0 Å². The third-order valence-electron chi connectivity index (χ3n) is 4.09. The number of allylic oxidation sites excluding steroid dienone is 2. The van der Waals surface area contributed by atoms with E-state index in [0.717, 1.165) is 0 Å². The number of hydrogen-bond acceptors (Lipinski definition) is 0. The largest absolute Gasteiger partial charge is 0.0802 e. The first kappa shape index (κ1) is 13.4. The molecule has 2 rings (SSSR count). The number of rotatable bonds is 1. The van der Waals surface area contributed by atoms with Crippen LogP contribution in [0.15, 0.2) is 30.3 Å². The summed E-state index contributed by atoms with van der Waals surface area (Å²) in [6.45, 7) is 11.5. The molecule has 0 saturated heterocycles. The molecule has 0 heteroatoms. The van der Waals surface area contributed by atoms with E-state index in [-0.39, 0.29) is 5.41 Å². The molecule has 1 aliphatic rings. The predicted molar refractivity (Wildman–Crippen MR) is 80.8 cm³/mol. The molecule has 1 aromatic rings.